The lowest BCUT2D eigenvalue weighted by Crippen LogP contribution is -2.48. The Morgan fingerprint density at radius 1 is 1.30 bits per heavy atom. The number of aliphatic hydroxyl groups is 1. The van der Waals surface area contributed by atoms with Crippen LogP contribution in [0.2, 0.25) is 0 Å². The quantitative estimate of drug-likeness (QED) is 0.629. The number of hydrogen-bond acceptors (Lipinski definition) is 7. The lowest BCUT2D eigenvalue weighted by atomic mass is 9.72. The van der Waals surface area contributed by atoms with Crippen LogP contribution in [0.15, 0.2) is 24.0 Å². The van der Waals surface area contributed by atoms with Crippen LogP contribution in [-0.4, -0.2) is 47.4 Å². The number of aromatic hydroxyl groups is 1. The van der Waals surface area contributed by atoms with Crippen molar-refractivity contribution in [3.63, 3.8) is 0 Å². The van der Waals surface area contributed by atoms with Crippen molar-refractivity contribution in [2.45, 2.75) is 18.9 Å². The van der Waals surface area contributed by atoms with Crippen molar-refractivity contribution in [3.05, 3.63) is 35.1 Å². The Morgan fingerprint density at radius 3 is 2.48 bits per heavy atom. The average molecular weight is 320 g/mol. The fourth-order valence-electron chi connectivity index (χ4n) is 2.61. The number of phenolic OH excluding ortho intramolecular Hbond substituents is 1. The van der Waals surface area contributed by atoms with Crippen molar-refractivity contribution >= 4 is 17.3 Å². The number of carbonyl (C=O) groups is 3. The second-order valence-electron chi connectivity index (χ2n) is 5.23. The molecule has 0 radical (unpaired) electrons. The summed E-state index contributed by atoms with van der Waals surface area (Å²) in [7, 11) is 2.57. The molecular formula is C16H16O7. The molecule has 0 saturated heterocycles. The molecule has 0 unspecified atom stereocenters. The number of fused-ring (bicyclic) bond motifs is 1. The smallest absolute Gasteiger partial charge is 0.200 e. The van der Waals surface area contributed by atoms with Gasteiger partial charge in [0.2, 0.25) is 5.78 Å². The van der Waals surface area contributed by atoms with Crippen LogP contribution in [0.25, 0.3) is 0 Å². The summed E-state index contributed by atoms with van der Waals surface area (Å²) in [5.74, 6) is -2.45. The van der Waals surface area contributed by atoms with Crippen molar-refractivity contribution in [2.24, 2.45) is 0 Å². The van der Waals surface area contributed by atoms with Gasteiger partial charge in [0.1, 0.15) is 17.3 Å². The third-order valence-electron chi connectivity index (χ3n) is 3.60. The second-order valence-corrected chi connectivity index (χ2v) is 5.23. The van der Waals surface area contributed by atoms with E-state index >= 15 is 0 Å². The van der Waals surface area contributed by atoms with E-state index in [1.54, 1.807) is 0 Å². The molecule has 1 atom stereocenters. The lowest BCUT2D eigenvalue weighted by Gasteiger charge is -2.32. The third kappa shape index (κ3) is 2.59. The first-order valence-corrected chi connectivity index (χ1v) is 6.72. The maximum Gasteiger partial charge on any atom is 0.200 e. The van der Waals surface area contributed by atoms with Gasteiger partial charge in [-0.2, -0.15) is 0 Å². The van der Waals surface area contributed by atoms with E-state index in [2.05, 4.69) is 0 Å². The Labute approximate surface area is 132 Å². The molecule has 23 heavy (non-hydrogen) atoms. The molecule has 0 aliphatic heterocycles. The molecule has 0 amide bonds. The van der Waals surface area contributed by atoms with Gasteiger partial charge in [-0.15, -0.1) is 0 Å². The molecule has 1 aromatic rings. The van der Waals surface area contributed by atoms with Gasteiger partial charge in [0, 0.05) is 18.1 Å². The molecular weight excluding hydrogens is 304 g/mol. The van der Waals surface area contributed by atoms with Crippen molar-refractivity contribution in [3.8, 4) is 11.5 Å². The van der Waals surface area contributed by atoms with Crippen molar-refractivity contribution in [2.75, 3.05) is 14.2 Å². The molecule has 7 nitrogen and oxygen atoms in total. The zero-order valence-electron chi connectivity index (χ0n) is 12.9. The highest BCUT2D eigenvalue weighted by Gasteiger charge is 2.51. The molecule has 0 bridgehead atoms. The highest BCUT2D eigenvalue weighted by atomic mass is 16.5. The van der Waals surface area contributed by atoms with E-state index in [1.165, 1.54) is 33.3 Å². The SMILES string of the molecule is CO/C=C1/C(=O)c2c(O)cc(OC)cc2C(=O)[C@@]1(O)CC(C)=O. The maximum absolute atomic E-state index is 12.7. The van der Waals surface area contributed by atoms with E-state index in [1.807, 2.05) is 0 Å². The Hall–Kier alpha value is -2.67. The van der Waals surface area contributed by atoms with Gasteiger partial charge in [0.15, 0.2) is 11.4 Å². The summed E-state index contributed by atoms with van der Waals surface area (Å²) < 4.78 is 9.72. The molecule has 122 valence electrons. The summed E-state index contributed by atoms with van der Waals surface area (Å²) in [6, 6.07) is 2.42. The summed E-state index contributed by atoms with van der Waals surface area (Å²) in [5, 5.41) is 20.7. The Bertz CT molecular complexity index is 732. The van der Waals surface area contributed by atoms with Crippen LogP contribution in [0.1, 0.15) is 34.1 Å². The average Bonchev–Trinajstić information content (AvgIpc) is 2.48. The van der Waals surface area contributed by atoms with Gasteiger partial charge >= 0.3 is 0 Å². The molecule has 0 heterocycles. The highest BCUT2D eigenvalue weighted by molar-refractivity contribution is 6.28. The van der Waals surface area contributed by atoms with Gasteiger partial charge in [-0.3, -0.25) is 14.4 Å². The number of carbonyl (C=O) groups excluding carboxylic acids is 3. The number of methoxy groups -OCH3 is 2. The predicted molar refractivity (Wildman–Crippen MR) is 78.7 cm³/mol. The fourth-order valence-corrected chi connectivity index (χ4v) is 2.61. The number of Topliss-reactive ketones (excluding diaryl/α,β-unsaturated/α-hetero) is 3. The standard InChI is InChI=1S/C16H16O7/c1-8(17)6-16(21)11(7-22-2)14(19)13-10(15(16)20)4-9(23-3)5-12(13)18/h4-5,7,18,21H,6H2,1-3H3/b11-7-/t16-/m1/s1. The monoisotopic (exact) mass is 320 g/mol. The first kappa shape index (κ1) is 16.7. The summed E-state index contributed by atoms with van der Waals surface area (Å²) in [6.45, 7) is 1.19. The Balaban J connectivity index is 2.77. The predicted octanol–water partition coefficient (Wildman–Crippen LogP) is 1.02. The first-order valence-electron chi connectivity index (χ1n) is 6.72. The van der Waals surface area contributed by atoms with Gasteiger partial charge in [0.05, 0.1) is 31.6 Å². The van der Waals surface area contributed by atoms with Gasteiger partial charge in [0.25, 0.3) is 0 Å². The highest BCUT2D eigenvalue weighted by Crippen LogP contribution is 2.41. The van der Waals surface area contributed by atoms with Gasteiger partial charge < -0.3 is 19.7 Å². The zero-order chi connectivity index (χ0) is 17.4. The number of rotatable bonds is 4. The largest absolute Gasteiger partial charge is 0.507 e. The molecule has 1 aromatic carbocycles. The van der Waals surface area contributed by atoms with Crippen LogP contribution >= 0.6 is 0 Å². The van der Waals surface area contributed by atoms with Crippen molar-refractivity contribution in [1.82, 2.24) is 0 Å². The molecule has 0 saturated carbocycles. The number of hydrogen-bond donors (Lipinski definition) is 2. The van der Waals surface area contributed by atoms with Gasteiger partial charge in [-0.25, -0.2) is 0 Å². The van der Waals surface area contributed by atoms with E-state index in [0.717, 1.165) is 6.26 Å². The molecule has 0 fully saturated rings. The molecule has 1 aliphatic carbocycles. The van der Waals surface area contributed by atoms with Gasteiger partial charge in [-0.1, -0.05) is 0 Å². The van der Waals surface area contributed by atoms with E-state index in [4.69, 9.17) is 9.47 Å². The van der Waals surface area contributed by atoms with Crippen LogP contribution in [0.4, 0.5) is 0 Å². The van der Waals surface area contributed by atoms with Crippen LogP contribution < -0.4 is 4.74 Å². The Morgan fingerprint density at radius 2 is 1.96 bits per heavy atom. The molecule has 7 heteroatoms. The first-order chi connectivity index (χ1) is 10.8. The fraction of sp³-hybridized carbons (Fsp3) is 0.312. The number of benzene rings is 1. The minimum atomic E-state index is -2.34. The number of phenols is 1. The van der Waals surface area contributed by atoms with Crippen LogP contribution in [0.5, 0.6) is 11.5 Å². The Kier molecular flexibility index (Phi) is 4.24. The summed E-state index contributed by atoms with van der Waals surface area (Å²) in [5.41, 5.74) is -3.20. The molecule has 2 N–H and O–H groups in total. The van der Waals surface area contributed by atoms with Crippen molar-refractivity contribution in [1.29, 1.82) is 0 Å². The normalized spacial score (nSPS) is 22.0. The molecule has 0 spiro atoms. The lowest BCUT2D eigenvalue weighted by molar-refractivity contribution is -0.119. The zero-order valence-corrected chi connectivity index (χ0v) is 12.9. The minimum absolute atomic E-state index is 0.145. The topological polar surface area (TPSA) is 110 Å². The molecule has 2 rings (SSSR count). The molecule has 1 aliphatic rings. The van der Waals surface area contributed by atoms with Gasteiger partial charge in [-0.05, 0) is 13.0 Å². The van der Waals surface area contributed by atoms with E-state index < -0.39 is 40.7 Å². The summed E-state index contributed by atoms with van der Waals surface area (Å²) in [4.78, 5) is 36.8. The maximum atomic E-state index is 12.7. The number of ether oxygens (including phenoxy) is 2. The number of ketones is 3. The summed E-state index contributed by atoms with van der Waals surface area (Å²) >= 11 is 0. The van der Waals surface area contributed by atoms with Crippen molar-refractivity contribution < 1.29 is 34.1 Å². The summed E-state index contributed by atoms with van der Waals surface area (Å²) in [6.07, 6.45) is 0.333. The molecule has 0 aromatic heterocycles. The second kappa shape index (κ2) is 5.85. The third-order valence-corrected chi connectivity index (χ3v) is 3.60. The van der Waals surface area contributed by atoms with E-state index in [-0.39, 0.29) is 16.9 Å². The minimum Gasteiger partial charge on any atom is -0.507 e. The van der Waals surface area contributed by atoms with E-state index in [9.17, 15) is 24.6 Å². The van der Waals surface area contributed by atoms with Crippen LogP contribution in [0.3, 0.4) is 0 Å². The van der Waals surface area contributed by atoms with Crippen LogP contribution in [-0.2, 0) is 9.53 Å². The van der Waals surface area contributed by atoms with E-state index in [0.29, 0.717) is 0 Å². The van der Waals surface area contributed by atoms with Crippen LogP contribution in [0, 0.1) is 0 Å².